The van der Waals surface area contributed by atoms with Gasteiger partial charge in [-0.3, -0.25) is 0 Å². The molecule has 2 nitrogen and oxygen atoms in total. The number of fused-ring (bicyclic) bond motifs is 1. The van der Waals surface area contributed by atoms with Crippen molar-refractivity contribution in [3.05, 3.63) is 41.0 Å². The third-order valence-electron chi connectivity index (χ3n) is 3.22. The number of rotatable bonds is 1. The Morgan fingerprint density at radius 1 is 0.938 bits per heavy atom. The van der Waals surface area contributed by atoms with E-state index in [1.54, 1.807) is 6.08 Å². The van der Waals surface area contributed by atoms with Gasteiger partial charge in [0.2, 0.25) is 6.08 Å². The number of carbonyl (C=O) groups excluding carboxylic acids is 1. The van der Waals surface area contributed by atoms with Crippen molar-refractivity contribution in [2.24, 2.45) is 4.99 Å². The van der Waals surface area contributed by atoms with Crippen LogP contribution in [0.15, 0.2) is 29.3 Å². The first-order chi connectivity index (χ1) is 7.66. The molecule has 0 saturated heterocycles. The Labute approximate surface area is 94.6 Å². The summed E-state index contributed by atoms with van der Waals surface area (Å²) >= 11 is 0. The molecule has 2 aromatic rings. The quantitative estimate of drug-likeness (QED) is 0.522. The highest BCUT2D eigenvalue weighted by atomic mass is 16.1. The number of benzene rings is 2. The fourth-order valence-electron chi connectivity index (χ4n) is 2.07. The van der Waals surface area contributed by atoms with Crippen LogP contribution in [0.3, 0.4) is 0 Å². The van der Waals surface area contributed by atoms with Crippen molar-refractivity contribution in [3.63, 3.8) is 0 Å². The van der Waals surface area contributed by atoms with Crippen LogP contribution in [0.4, 0.5) is 5.69 Å². The van der Waals surface area contributed by atoms with Gasteiger partial charge in [0.15, 0.2) is 0 Å². The van der Waals surface area contributed by atoms with E-state index in [-0.39, 0.29) is 0 Å². The first-order valence-corrected chi connectivity index (χ1v) is 5.23. The average Bonchev–Trinajstić information content (AvgIpc) is 2.32. The van der Waals surface area contributed by atoms with Crippen molar-refractivity contribution in [2.45, 2.75) is 20.8 Å². The van der Waals surface area contributed by atoms with Crippen molar-refractivity contribution in [3.8, 4) is 0 Å². The zero-order chi connectivity index (χ0) is 11.7. The Hall–Kier alpha value is -1.92. The summed E-state index contributed by atoms with van der Waals surface area (Å²) in [5.41, 5.74) is 4.24. The molecule has 0 amide bonds. The molecule has 0 bridgehead atoms. The summed E-state index contributed by atoms with van der Waals surface area (Å²) in [7, 11) is 0. The molecule has 2 heteroatoms. The Morgan fingerprint density at radius 3 is 2.19 bits per heavy atom. The Bertz CT molecular complexity index is 608. The second kappa shape index (κ2) is 3.92. The number of hydrogen-bond donors (Lipinski definition) is 0. The van der Waals surface area contributed by atoms with E-state index < -0.39 is 0 Å². The Morgan fingerprint density at radius 2 is 1.56 bits per heavy atom. The minimum Gasteiger partial charge on any atom is -0.211 e. The van der Waals surface area contributed by atoms with E-state index in [0.29, 0.717) is 0 Å². The fourth-order valence-corrected chi connectivity index (χ4v) is 2.07. The summed E-state index contributed by atoms with van der Waals surface area (Å²) in [5.74, 6) is 0. The molecule has 2 aromatic carbocycles. The van der Waals surface area contributed by atoms with Gasteiger partial charge >= 0.3 is 0 Å². The van der Waals surface area contributed by atoms with E-state index in [9.17, 15) is 4.79 Å². The van der Waals surface area contributed by atoms with Gasteiger partial charge in [-0.05, 0) is 42.8 Å². The molecule has 0 N–H and O–H groups in total. The first-order valence-electron chi connectivity index (χ1n) is 5.23. The molecular formula is C14H13NO. The van der Waals surface area contributed by atoms with Crippen molar-refractivity contribution >= 4 is 22.5 Å². The smallest absolute Gasteiger partial charge is 0.211 e. The molecule has 16 heavy (non-hydrogen) atoms. The van der Waals surface area contributed by atoms with Gasteiger partial charge in [-0.15, -0.1) is 0 Å². The lowest BCUT2D eigenvalue weighted by atomic mass is 9.94. The van der Waals surface area contributed by atoms with E-state index in [2.05, 4.69) is 24.9 Å². The number of isocyanates is 1. The standard InChI is InChI=1S/C14H13NO/c1-9-10(2)12-6-4-5-7-13(12)14(11(9)3)15-8-16/h4-7H,1-3H3. The SMILES string of the molecule is Cc1c(C)c(N=C=O)c2ccccc2c1C. The number of hydrogen-bond acceptors (Lipinski definition) is 2. The molecule has 0 spiro atoms. The maximum atomic E-state index is 10.5. The number of aliphatic imine (C=N–C) groups is 1. The second-order valence-corrected chi connectivity index (χ2v) is 3.97. The highest BCUT2D eigenvalue weighted by Gasteiger charge is 2.10. The minimum atomic E-state index is 0.744. The van der Waals surface area contributed by atoms with E-state index in [0.717, 1.165) is 22.0 Å². The van der Waals surface area contributed by atoms with Gasteiger partial charge in [0.05, 0.1) is 5.69 Å². The van der Waals surface area contributed by atoms with Gasteiger partial charge in [-0.2, -0.15) is 4.99 Å². The molecule has 0 aliphatic rings. The lowest BCUT2D eigenvalue weighted by Gasteiger charge is -2.12. The van der Waals surface area contributed by atoms with Crippen LogP contribution in [0, 0.1) is 20.8 Å². The van der Waals surface area contributed by atoms with Gasteiger partial charge in [0.1, 0.15) is 0 Å². The molecule has 80 valence electrons. The van der Waals surface area contributed by atoms with Crippen LogP contribution in [0.5, 0.6) is 0 Å². The first kappa shape index (κ1) is 10.6. The third kappa shape index (κ3) is 1.44. The summed E-state index contributed by atoms with van der Waals surface area (Å²) in [6.45, 7) is 6.14. The fraction of sp³-hybridized carbons (Fsp3) is 0.214. The van der Waals surface area contributed by atoms with Crippen molar-refractivity contribution in [2.75, 3.05) is 0 Å². The summed E-state index contributed by atoms with van der Waals surface area (Å²) in [4.78, 5) is 14.3. The van der Waals surface area contributed by atoms with E-state index in [1.807, 2.05) is 25.1 Å². The van der Waals surface area contributed by atoms with Crippen LogP contribution < -0.4 is 0 Å². The molecule has 0 heterocycles. The zero-order valence-electron chi connectivity index (χ0n) is 9.66. The van der Waals surface area contributed by atoms with Gasteiger partial charge in [0.25, 0.3) is 0 Å². The Balaban J connectivity index is 3.03. The van der Waals surface area contributed by atoms with Crippen molar-refractivity contribution in [1.82, 2.24) is 0 Å². The van der Waals surface area contributed by atoms with Crippen LogP contribution in [-0.2, 0) is 4.79 Å². The normalized spacial score (nSPS) is 10.2. The highest BCUT2D eigenvalue weighted by molar-refractivity contribution is 5.97. The molecule has 0 unspecified atom stereocenters. The molecule has 0 aliphatic carbocycles. The van der Waals surface area contributed by atoms with Crippen LogP contribution in [-0.4, -0.2) is 6.08 Å². The summed E-state index contributed by atoms with van der Waals surface area (Å²) in [5, 5.41) is 2.17. The van der Waals surface area contributed by atoms with Gasteiger partial charge in [-0.1, -0.05) is 24.3 Å². The van der Waals surface area contributed by atoms with Crippen LogP contribution in [0.2, 0.25) is 0 Å². The summed E-state index contributed by atoms with van der Waals surface area (Å²) in [6.07, 6.45) is 1.64. The van der Waals surface area contributed by atoms with Crippen LogP contribution in [0.1, 0.15) is 16.7 Å². The molecule has 0 aromatic heterocycles. The average molecular weight is 211 g/mol. The molecule has 0 fully saturated rings. The maximum Gasteiger partial charge on any atom is 0.240 e. The lowest BCUT2D eigenvalue weighted by Crippen LogP contribution is -1.90. The molecule has 0 aliphatic heterocycles. The molecule has 0 radical (unpaired) electrons. The molecule has 0 saturated carbocycles. The van der Waals surface area contributed by atoms with Gasteiger partial charge < -0.3 is 0 Å². The van der Waals surface area contributed by atoms with Crippen molar-refractivity contribution < 1.29 is 4.79 Å². The van der Waals surface area contributed by atoms with Gasteiger partial charge in [0, 0.05) is 5.39 Å². The number of nitrogens with zero attached hydrogens (tertiary/aromatic N) is 1. The van der Waals surface area contributed by atoms with E-state index in [1.165, 1.54) is 11.1 Å². The molecule has 0 atom stereocenters. The van der Waals surface area contributed by atoms with E-state index in [4.69, 9.17) is 0 Å². The third-order valence-corrected chi connectivity index (χ3v) is 3.22. The topological polar surface area (TPSA) is 29.4 Å². The van der Waals surface area contributed by atoms with Crippen LogP contribution >= 0.6 is 0 Å². The largest absolute Gasteiger partial charge is 0.240 e. The number of aryl methyl sites for hydroxylation is 1. The lowest BCUT2D eigenvalue weighted by molar-refractivity contribution is 0.565. The van der Waals surface area contributed by atoms with Crippen molar-refractivity contribution in [1.29, 1.82) is 0 Å². The van der Waals surface area contributed by atoms with Crippen LogP contribution in [0.25, 0.3) is 10.8 Å². The maximum absolute atomic E-state index is 10.5. The molecule has 2 rings (SSSR count). The molecular weight excluding hydrogens is 198 g/mol. The van der Waals surface area contributed by atoms with E-state index >= 15 is 0 Å². The highest BCUT2D eigenvalue weighted by Crippen LogP contribution is 2.34. The predicted octanol–water partition coefficient (Wildman–Crippen LogP) is 3.73. The summed E-state index contributed by atoms with van der Waals surface area (Å²) in [6, 6.07) is 8.00. The second-order valence-electron chi connectivity index (χ2n) is 3.97. The monoisotopic (exact) mass is 211 g/mol. The minimum absolute atomic E-state index is 0.744. The van der Waals surface area contributed by atoms with Gasteiger partial charge in [-0.25, -0.2) is 4.79 Å². The summed E-state index contributed by atoms with van der Waals surface area (Å²) < 4.78 is 0. The zero-order valence-corrected chi connectivity index (χ0v) is 9.66. The predicted molar refractivity (Wildman–Crippen MR) is 65.9 cm³/mol. The Kier molecular flexibility index (Phi) is 2.59.